The van der Waals surface area contributed by atoms with Crippen LogP contribution in [0.2, 0.25) is 0 Å². The molecule has 4 nitrogen and oxygen atoms in total. The Morgan fingerprint density at radius 3 is 2.09 bits per heavy atom. The Balaban J connectivity index is 1.19. The van der Waals surface area contributed by atoms with E-state index in [4.69, 9.17) is 0 Å². The van der Waals surface area contributed by atoms with E-state index >= 15 is 0 Å². The molecule has 4 heterocycles. The lowest BCUT2D eigenvalue weighted by Crippen LogP contribution is -2.65. The normalized spacial score (nSPS) is 33.0. The molecule has 0 aromatic carbocycles. The van der Waals surface area contributed by atoms with Crippen LogP contribution in [0, 0.1) is 5.41 Å². The molecule has 4 heteroatoms. The molecule has 0 amide bonds. The Hall–Kier alpha value is -0.160. The smallest absolute Gasteiger partial charge is 0.0350 e. The molecule has 0 N–H and O–H groups in total. The van der Waals surface area contributed by atoms with Crippen molar-refractivity contribution in [1.82, 2.24) is 19.6 Å². The molecule has 22 heavy (non-hydrogen) atoms. The summed E-state index contributed by atoms with van der Waals surface area (Å²) in [6.45, 7) is 14.3. The molecule has 1 spiro atoms. The molecule has 0 unspecified atom stereocenters. The van der Waals surface area contributed by atoms with Gasteiger partial charge in [-0.05, 0) is 57.8 Å². The van der Waals surface area contributed by atoms with Gasteiger partial charge in [0.2, 0.25) is 0 Å². The lowest BCUT2D eigenvalue weighted by atomic mass is 9.71. The van der Waals surface area contributed by atoms with Crippen LogP contribution < -0.4 is 0 Å². The minimum Gasteiger partial charge on any atom is -0.306 e. The first-order valence-corrected chi connectivity index (χ1v) is 9.56. The van der Waals surface area contributed by atoms with Crippen molar-refractivity contribution < 1.29 is 0 Å². The van der Waals surface area contributed by atoms with E-state index in [0.29, 0.717) is 5.41 Å². The maximum atomic E-state index is 2.82. The van der Waals surface area contributed by atoms with Crippen molar-refractivity contribution in [3.8, 4) is 0 Å². The summed E-state index contributed by atoms with van der Waals surface area (Å²) in [6.07, 6.45) is 5.71. The summed E-state index contributed by atoms with van der Waals surface area (Å²) >= 11 is 0. The number of likely N-dealkylation sites (tertiary alicyclic amines) is 4. The van der Waals surface area contributed by atoms with Crippen LogP contribution in [-0.2, 0) is 0 Å². The predicted octanol–water partition coefficient (Wildman–Crippen LogP) is 1.18. The summed E-state index contributed by atoms with van der Waals surface area (Å²) in [4.78, 5) is 10.7. The van der Waals surface area contributed by atoms with Crippen molar-refractivity contribution in [3.63, 3.8) is 0 Å². The summed E-state index contributed by atoms with van der Waals surface area (Å²) in [5, 5.41) is 0. The van der Waals surface area contributed by atoms with Crippen LogP contribution >= 0.6 is 0 Å². The molecule has 0 atom stereocenters. The first-order chi connectivity index (χ1) is 10.7. The van der Waals surface area contributed by atoms with Gasteiger partial charge in [-0.3, -0.25) is 9.80 Å². The fourth-order valence-electron chi connectivity index (χ4n) is 5.13. The highest BCUT2D eigenvalue weighted by Gasteiger charge is 2.47. The van der Waals surface area contributed by atoms with Crippen molar-refractivity contribution >= 4 is 0 Å². The highest BCUT2D eigenvalue weighted by Crippen LogP contribution is 2.42. The van der Waals surface area contributed by atoms with Crippen LogP contribution in [0.3, 0.4) is 0 Å². The molecular weight excluding hydrogens is 272 g/mol. The van der Waals surface area contributed by atoms with Crippen LogP contribution in [-0.4, -0.2) is 97.6 Å². The zero-order chi connectivity index (χ0) is 15.2. The van der Waals surface area contributed by atoms with E-state index in [9.17, 15) is 0 Å². The lowest BCUT2D eigenvalue weighted by Gasteiger charge is -2.58. The zero-order valence-electron chi connectivity index (χ0n) is 14.6. The second-order valence-corrected chi connectivity index (χ2v) is 8.48. The Morgan fingerprint density at radius 1 is 0.864 bits per heavy atom. The highest BCUT2D eigenvalue weighted by atomic mass is 15.3. The van der Waals surface area contributed by atoms with Crippen molar-refractivity contribution in [3.05, 3.63) is 0 Å². The molecule has 126 valence electrons. The zero-order valence-corrected chi connectivity index (χ0v) is 14.6. The van der Waals surface area contributed by atoms with E-state index in [1.165, 1.54) is 84.6 Å². The number of piperidine rings is 2. The number of likely N-dealkylation sites (N-methyl/N-ethyl adjacent to an activating group) is 1. The van der Waals surface area contributed by atoms with Gasteiger partial charge >= 0.3 is 0 Å². The largest absolute Gasteiger partial charge is 0.306 e. The average Bonchev–Trinajstić information content (AvgIpc) is 2.46. The van der Waals surface area contributed by atoms with E-state index < -0.39 is 0 Å². The minimum atomic E-state index is 0.708. The minimum absolute atomic E-state index is 0.708. The standard InChI is InChI=1S/C18H34N4/c1-3-20-12-17(13-20)21-8-4-16(5-9-21)22-14-18(15-22)6-10-19(2)11-7-18/h16-17H,3-15H2,1-2H3. The average molecular weight is 306 g/mol. The second kappa shape index (κ2) is 6.04. The van der Waals surface area contributed by atoms with Gasteiger partial charge in [0.1, 0.15) is 0 Å². The maximum Gasteiger partial charge on any atom is 0.0350 e. The van der Waals surface area contributed by atoms with E-state index in [0.717, 1.165) is 12.1 Å². The molecule has 4 saturated heterocycles. The van der Waals surface area contributed by atoms with Gasteiger partial charge in [0.15, 0.2) is 0 Å². The molecular formula is C18H34N4. The fraction of sp³-hybridized carbons (Fsp3) is 1.00. The van der Waals surface area contributed by atoms with Crippen molar-refractivity contribution in [2.75, 3.05) is 66.0 Å². The molecule has 0 radical (unpaired) electrons. The number of hydrogen-bond acceptors (Lipinski definition) is 4. The molecule has 0 saturated carbocycles. The van der Waals surface area contributed by atoms with Crippen molar-refractivity contribution in [2.45, 2.75) is 44.7 Å². The maximum absolute atomic E-state index is 2.82. The molecule has 4 rings (SSSR count). The number of nitrogens with zero attached hydrogens (tertiary/aromatic N) is 4. The van der Waals surface area contributed by atoms with Gasteiger partial charge in [-0.2, -0.15) is 0 Å². The summed E-state index contributed by atoms with van der Waals surface area (Å²) in [7, 11) is 2.28. The second-order valence-electron chi connectivity index (χ2n) is 8.48. The first-order valence-electron chi connectivity index (χ1n) is 9.56. The molecule has 4 aliphatic heterocycles. The molecule has 0 aromatic heterocycles. The highest BCUT2D eigenvalue weighted by molar-refractivity contribution is 5.01. The van der Waals surface area contributed by atoms with Crippen LogP contribution in [0.5, 0.6) is 0 Å². The molecule has 0 aromatic rings. The van der Waals surface area contributed by atoms with Crippen LogP contribution in [0.15, 0.2) is 0 Å². The fourth-order valence-corrected chi connectivity index (χ4v) is 5.13. The van der Waals surface area contributed by atoms with Gasteiger partial charge in [0.05, 0.1) is 0 Å². The molecule has 4 fully saturated rings. The SMILES string of the molecule is CCN1CC(N2CCC(N3CC4(CCN(C)CC4)C3)CC2)C1. The summed E-state index contributed by atoms with van der Waals surface area (Å²) in [5.41, 5.74) is 0.708. The summed E-state index contributed by atoms with van der Waals surface area (Å²) in [5.74, 6) is 0. The van der Waals surface area contributed by atoms with Gasteiger partial charge in [0.25, 0.3) is 0 Å². The van der Waals surface area contributed by atoms with E-state index in [1.807, 2.05) is 0 Å². The van der Waals surface area contributed by atoms with Crippen molar-refractivity contribution in [1.29, 1.82) is 0 Å². The third kappa shape index (κ3) is 2.83. The van der Waals surface area contributed by atoms with Gasteiger partial charge in [-0.1, -0.05) is 6.92 Å². The number of rotatable bonds is 3. The van der Waals surface area contributed by atoms with Gasteiger partial charge in [0, 0.05) is 51.4 Å². The first kappa shape index (κ1) is 15.4. The van der Waals surface area contributed by atoms with Gasteiger partial charge in [-0.25, -0.2) is 0 Å². The van der Waals surface area contributed by atoms with Crippen LogP contribution in [0.4, 0.5) is 0 Å². The lowest BCUT2D eigenvalue weighted by molar-refractivity contribution is -0.0838. The monoisotopic (exact) mass is 306 g/mol. The predicted molar refractivity (Wildman–Crippen MR) is 91.2 cm³/mol. The van der Waals surface area contributed by atoms with Gasteiger partial charge < -0.3 is 9.80 Å². The topological polar surface area (TPSA) is 13.0 Å². The van der Waals surface area contributed by atoms with Gasteiger partial charge in [-0.15, -0.1) is 0 Å². The van der Waals surface area contributed by atoms with E-state index in [1.54, 1.807) is 0 Å². The summed E-state index contributed by atoms with van der Waals surface area (Å²) < 4.78 is 0. The Kier molecular flexibility index (Phi) is 4.22. The third-order valence-electron chi connectivity index (χ3n) is 7.04. The Morgan fingerprint density at radius 2 is 1.50 bits per heavy atom. The van der Waals surface area contributed by atoms with E-state index in [-0.39, 0.29) is 0 Å². The Labute approximate surface area is 136 Å². The molecule has 4 aliphatic rings. The molecule has 0 aliphatic carbocycles. The number of hydrogen-bond donors (Lipinski definition) is 0. The van der Waals surface area contributed by atoms with Crippen LogP contribution in [0.1, 0.15) is 32.6 Å². The summed E-state index contributed by atoms with van der Waals surface area (Å²) in [6, 6.07) is 1.77. The quantitative estimate of drug-likeness (QED) is 0.776. The third-order valence-corrected chi connectivity index (χ3v) is 7.04. The molecule has 0 bridgehead atoms. The van der Waals surface area contributed by atoms with Crippen LogP contribution in [0.25, 0.3) is 0 Å². The Bertz CT molecular complexity index is 369. The van der Waals surface area contributed by atoms with E-state index in [2.05, 4.69) is 33.6 Å². The van der Waals surface area contributed by atoms with Crippen molar-refractivity contribution in [2.24, 2.45) is 5.41 Å².